The van der Waals surface area contributed by atoms with Crippen LogP contribution in [0.4, 0.5) is 0 Å². The molecule has 4 N–H and O–H groups in total. The third-order valence-corrected chi connectivity index (χ3v) is 5.36. The van der Waals surface area contributed by atoms with Crippen LogP contribution in [-0.4, -0.2) is 181 Å². The van der Waals surface area contributed by atoms with E-state index in [4.69, 9.17) is 63.6 Å². The van der Waals surface area contributed by atoms with Crippen molar-refractivity contribution in [2.24, 2.45) is 11.5 Å². The minimum atomic E-state index is -0.539. The predicted octanol–water partition coefficient (Wildman–Crippen LogP) is -0.760. The van der Waals surface area contributed by atoms with E-state index < -0.39 is 11.6 Å². The summed E-state index contributed by atoms with van der Waals surface area (Å²) in [6.45, 7) is 14.1. The first-order valence-corrected chi connectivity index (χ1v) is 16.0. The summed E-state index contributed by atoms with van der Waals surface area (Å²) in [4.78, 5) is 26.0. The van der Waals surface area contributed by atoms with Gasteiger partial charge in [0.25, 0.3) is 0 Å². The van der Waals surface area contributed by atoms with Gasteiger partial charge < -0.3 is 68.5 Å². The van der Waals surface area contributed by atoms with Crippen molar-refractivity contribution >= 4 is 11.9 Å². The molecule has 0 aliphatic rings. The summed E-state index contributed by atoms with van der Waals surface area (Å²) in [5.41, 5.74) is 10.2. The summed E-state index contributed by atoms with van der Waals surface area (Å²) < 4.78 is 59.4. The molecule has 16 heteroatoms. The zero-order valence-electron chi connectivity index (χ0n) is 28.4. The average molecular weight is 672 g/mol. The van der Waals surface area contributed by atoms with Crippen molar-refractivity contribution in [2.45, 2.75) is 26.4 Å². The zero-order valence-corrected chi connectivity index (χ0v) is 28.4. The number of amides is 1. The van der Waals surface area contributed by atoms with Gasteiger partial charge in [0.15, 0.2) is 0 Å². The molecular formula is C30H61N3O13. The lowest BCUT2D eigenvalue weighted by molar-refractivity contribution is -0.160. The Balaban J connectivity index is 4.05. The molecule has 1 amide bonds. The topological polar surface area (TPSA) is 191 Å². The Hall–Kier alpha value is -1.54. The van der Waals surface area contributed by atoms with E-state index in [1.165, 1.54) is 0 Å². The van der Waals surface area contributed by atoms with Crippen LogP contribution in [0.3, 0.4) is 0 Å². The van der Waals surface area contributed by atoms with Crippen LogP contribution in [-0.2, 0) is 61.7 Å². The van der Waals surface area contributed by atoms with Gasteiger partial charge in [-0.1, -0.05) is 0 Å². The van der Waals surface area contributed by atoms with Crippen LogP contribution < -0.4 is 11.5 Å². The Bertz CT molecular complexity index is 663. The quantitative estimate of drug-likeness (QED) is 0.0631. The molecule has 0 bridgehead atoms. The van der Waals surface area contributed by atoms with E-state index in [1.54, 1.807) is 25.7 Å². The highest BCUT2D eigenvalue weighted by Crippen LogP contribution is 2.06. The number of rotatable bonds is 35. The Labute approximate surface area is 274 Å². The Morgan fingerprint density at radius 3 is 1.11 bits per heavy atom. The van der Waals surface area contributed by atoms with Gasteiger partial charge in [-0.15, -0.1) is 0 Å². The first-order valence-electron chi connectivity index (χ1n) is 16.0. The molecule has 0 saturated carbocycles. The number of carbonyl (C=O) groups excluding carboxylic acids is 2. The molecule has 0 atom stereocenters. The van der Waals surface area contributed by atoms with Gasteiger partial charge in [-0.05, 0) is 20.8 Å². The summed E-state index contributed by atoms with van der Waals surface area (Å²) in [5.74, 6) is -0.591. The van der Waals surface area contributed by atoms with Gasteiger partial charge in [0, 0.05) is 26.2 Å². The standard InChI is InChI=1S/C30H61N3O13/c1-30(2,3)46-29(35)27-45-25-23-43-21-20-42-22-24-44-26-28(34)33(6-10-38-14-18-40-16-12-36-8-4-31)7-11-39-15-19-41-17-13-37-9-5-32/h4-27,31-32H2,1-3H3. The summed E-state index contributed by atoms with van der Waals surface area (Å²) >= 11 is 0. The van der Waals surface area contributed by atoms with Crippen molar-refractivity contribution in [3.8, 4) is 0 Å². The van der Waals surface area contributed by atoms with Gasteiger partial charge in [-0.2, -0.15) is 0 Å². The van der Waals surface area contributed by atoms with Gasteiger partial charge in [0.1, 0.15) is 18.8 Å². The molecule has 0 fully saturated rings. The summed E-state index contributed by atoms with van der Waals surface area (Å²) in [7, 11) is 0. The molecular weight excluding hydrogens is 610 g/mol. The van der Waals surface area contributed by atoms with Gasteiger partial charge in [-0.3, -0.25) is 4.79 Å². The van der Waals surface area contributed by atoms with Gasteiger partial charge >= 0.3 is 5.97 Å². The van der Waals surface area contributed by atoms with E-state index >= 15 is 0 Å². The summed E-state index contributed by atoms with van der Waals surface area (Å²) in [6, 6.07) is 0. The second kappa shape index (κ2) is 33.4. The van der Waals surface area contributed by atoms with Crippen molar-refractivity contribution in [1.82, 2.24) is 4.90 Å². The van der Waals surface area contributed by atoms with Crippen LogP contribution in [0, 0.1) is 0 Å². The van der Waals surface area contributed by atoms with Crippen LogP contribution >= 0.6 is 0 Å². The second-order valence-corrected chi connectivity index (χ2v) is 10.5. The fourth-order valence-electron chi connectivity index (χ4n) is 3.30. The predicted molar refractivity (Wildman–Crippen MR) is 169 cm³/mol. The highest BCUT2D eigenvalue weighted by molar-refractivity contribution is 5.77. The van der Waals surface area contributed by atoms with E-state index in [0.717, 1.165) is 0 Å². The monoisotopic (exact) mass is 671 g/mol. The molecule has 0 aliphatic carbocycles. The molecule has 0 aromatic rings. The molecule has 0 radical (unpaired) electrons. The molecule has 0 rings (SSSR count). The van der Waals surface area contributed by atoms with Crippen molar-refractivity contribution in [2.75, 3.05) is 158 Å². The summed E-state index contributed by atoms with van der Waals surface area (Å²) in [6.07, 6.45) is 0. The molecule has 16 nitrogen and oxygen atoms in total. The van der Waals surface area contributed by atoms with E-state index in [2.05, 4.69) is 0 Å². The molecule has 0 aliphatic heterocycles. The normalized spacial score (nSPS) is 11.7. The molecule has 0 spiro atoms. The molecule has 0 saturated heterocycles. The number of hydrogen-bond donors (Lipinski definition) is 2. The van der Waals surface area contributed by atoms with Crippen molar-refractivity contribution in [3.63, 3.8) is 0 Å². The van der Waals surface area contributed by atoms with E-state index in [1.807, 2.05) is 0 Å². The minimum Gasteiger partial charge on any atom is -0.458 e. The van der Waals surface area contributed by atoms with Crippen molar-refractivity contribution in [1.29, 1.82) is 0 Å². The number of hydrogen-bond acceptors (Lipinski definition) is 15. The third kappa shape index (κ3) is 33.8. The van der Waals surface area contributed by atoms with E-state index in [0.29, 0.717) is 132 Å². The Kier molecular flexibility index (Phi) is 32.2. The lowest BCUT2D eigenvalue weighted by atomic mass is 10.2. The van der Waals surface area contributed by atoms with E-state index in [-0.39, 0.29) is 32.3 Å². The lowest BCUT2D eigenvalue weighted by Crippen LogP contribution is -2.39. The fourth-order valence-corrected chi connectivity index (χ4v) is 3.30. The molecule has 274 valence electrons. The van der Waals surface area contributed by atoms with E-state index in [9.17, 15) is 9.59 Å². The van der Waals surface area contributed by atoms with Crippen molar-refractivity contribution < 1.29 is 61.7 Å². The van der Waals surface area contributed by atoms with Gasteiger partial charge in [-0.25, -0.2) is 4.79 Å². The van der Waals surface area contributed by atoms with Crippen LogP contribution in [0.15, 0.2) is 0 Å². The average Bonchev–Trinajstić information content (AvgIpc) is 3.01. The first-order chi connectivity index (χ1) is 22.3. The molecule has 0 heterocycles. The molecule has 0 unspecified atom stereocenters. The molecule has 46 heavy (non-hydrogen) atoms. The molecule has 0 aromatic carbocycles. The lowest BCUT2D eigenvalue weighted by Gasteiger charge is -2.23. The number of ether oxygens (including phenoxy) is 11. The first kappa shape index (κ1) is 44.5. The SMILES string of the molecule is CC(C)(C)OC(=O)COCCOCCOCCOCC(=O)N(CCOCCOCCOCCN)CCOCCOCCOCCN. The maximum atomic E-state index is 12.8. The highest BCUT2D eigenvalue weighted by atomic mass is 16.6. The van der Waals surface area contributed by atoms with Crippen LogP contribution in [0.1, 0.15) is 20.8 Å². The summed E-state index contributed by atoms with van der Waals surface area (Å²) in [5, 5.41) is 0. The highest BCUT2D eigenvalue weighted by Gasteiger charge is 2.16. The number of nitrogens with zero attached hydrogens (tertiary/aromatic N) is 1. The fraction of sp³-hybridized carbons (Fsp3) is 0.933. The third-order valence-electron chi connectivity index (χ3n) is 5.36. The largest absolute Gasteiger partial charge is 0.458 e. The molecule has 0 aromatic heterocycles. The Morgan fingerprint density at radius 2 is 0.761 bits per heavy atom. The maximum Gasteiger partial charge on any atom is 0.332 e. The number of carbonyl (C=O) groups is 2. The van der Waals surface area contributed by atoms with Crippen LogP contribution in [0.2, 0.25) is 0 Å². The maximum absolute atomic E-state index is 12.8. The minimum absolute atomic E-state index is 0.0906. The van der Waals surface area contributed by atoms with Gasteiger partial charge in [0.2, 0.25) is 5.91 Å². The smallest absolute Gasteiger partial charge is 0.332 e. The second-order valence-electron chi connectivity index (χ2n) is 10.5. The Morgan fingerprint density at radius 1 is 0.457 bits per heavy atom. The number of nitrogens with two attached hydrogens (primary N) is 2. The van der Waals surface area contributed by atoms with Crippen molar-refractivity contribution in [3.05, 3.63) is 0 Å². The number of esters is 1. The van der Waals surface area contributed by atoms with Crippen LogP contribution in [0.5, 0.6) is 0 Å². The van der Waals surface area contributed by atoms with Gasteiger partial charge in [0.05, 0.1) is 119 Å². The zero-order chi connectivity index (χ0) is 34.0. The van der Waals surface area contributed by atoms with Crippen LogP contribution in [0.25, 0.3) is 0 Å².